The Morgan fingerprint density at radius 2 is 1.74 bits per heavy atom. The van der Waals surface area contributed by atoms with Gasteiger partial charge in [0.15, 0.2) is 11.6 Å². The number of rotatable bonds is 16. The average Bonchev–Trinajstić information content (AvgIpc) is 3.07. The maximum atomic E-state index is 16.4. The van der Waals surface area contributed by atoms with Gasteiger partial charge in [-0.15, -0.1) is 0 Å². The largest absolute Gasteiger partial charge is 0.488 e. The van der Waals surface area contributed by atoms with E-state index in [-0.39, 0.29) is 67.7 Å². The SMILES string of the molecule is COCCOc1ccc(C(=O)NCCOCC(=O)N(C)C)c(-c2cc(C(CNC3CCC(N)CC3)c3ccccc3)ccc2Cl)c1F. The molecule has 4 N–H and O–H groups in total. The molecule has 3 aromatic rings. The highest BCUT2D eigenvalue weighted by molar-refractivity contribution is 6.33. The van der Waals surface area contributed by atoms with E-state index in [2.05, 4.69) is 22.8 Å². The van der Waals surface area contributed by atoms with Crippen LogP contribution in [0.4, 0.5) is 4.39 Å². The first-order chi connectivity index (χ1) is 22.7. The molecule has 1 unspecified atom stereocenters. The maximum Gasteiger partial charge on any atom is 0.252 e. The van der Waals surface area contributed by atoms with Crippen molar-refractivity contribution < 1.29 is 28.2 Å². The van der Waals surface area contributed by atoms with Crippen LogP contribution in [0.1, 0.15) is 53.1 Å². The minimum Gasteiger partial charge on any atom is -0.488 e. The molecule has 3 aromatic carbocycles. The van der Waals surface area contributed by atoms with E-state index in [0.29, 0.717) is 23.2 Å². The maximum absolute atomic E-state index is 16.4. The molecule has 0 aliphatic heterocycles. The quantitative estimate of drug-likeness (QED) is 0.184. The monoisotopic (exact) mass is 668 g/mol. The lowest BCUT2D eigenvalue weighted by atomic mass is 9.87. The van der Waals surface area contributed by atoms with E-state index < -0.39 is 11.7 Å². The summed E-state index contributed by atoms with van der Waals surface area (Å²) in [7, 11) is 4.81. The Hall–Kier alpha value is -3.54. The van der Waals surface area contributed by atoms with E-state index in [0.717, 1.165) is 36.8 Å². The Bertz CT molecular complexity index is 1470. The van der Waals surface area contributed by atoms with E-state index in [1.165, 1.54) is 24.1 Å². The van der Waals surface area contributed by atoms with Gasteiger partial charge in [0.05, 0.1) is 18.8 Å². The molecule has 0 radical (unpaired) electrons. The van der Waals surface area contributed by atoms with E-state index in [1.807, 2.05) is 30.3 Å². The second kappa shape index (κ2) is 18.1. The third-order valence-electron chi connectivity index (χ3n) is 8.40. The average molecular weight is 669 g/mol. The van der Waals surface area contributed by atoms with Gasteiger partial charge in [0.25, 0.3) is 5.91 Å². The molecule has 0 saturated heterocycles. The highest BCUT2D eigenvalue weighted by Crippen LogP contribution is 2.39. The Kier molecular flexibility index (Phi) is 14.0. The van der Waals surface area contributed by atoms with Crippen LogP contribution in [0.2, 0.25) is 5.02 Å². The Morgan fingerprint density at radius 1 is 1.00 bits per heavy atom. The summed E-state index contributed by atoms with van der Waals surface area (Å²) in [5.41, 5.74) is 8.67. The molecule has 0 spiro atoms. The van der Waals surface area contributed by atoms with Crippen molar-refractivity contribution in [3.8, 4) is 16.9 Å². The van der Waals surface area contributed by atoms with Gasteiger partial charge in [-0.05, 0) is 61.1 Å². The smallest absolute Gasteiger partial charge is 0.252 e. The number of nitrogens with two attached hydrogens (primary N) is 1. The number of nitrogens with zero attached hydrogens (tertiary/aromatic N) is 1. The van der Waals surface area contributed by atoms with Crippen LogP contribution in [0.15, 0.2) is 60.7 Å². The molecule has 9 nitrogen and oxygen atoms in total. The van der Waals surface area contributed by atoms with Gasteiger partial charge in [-0.1, -0.05) is 48.0 Å². The minimum absolute atomic E-state index is 0.0163. The highest BCUT2D eigenvalue weighted by Gasteiger charge is 2.25. The number of hydrogen-bond donors (Lipinski definition) is 3. The van der Waals surface area contributed by atoms with Gasteiger partial charge in [-0.25, -0.2) is 4.39 Å². The lowest BCUT2D eigenvalue weighted by Crippen LogP contribution is -2.39. The summed E-state index contributed by atoms with van der Waals surface area (Å²) in [6.07, 6.45) is 4.02. The standard InChI is InChI=1S/C36H46ClFN4O5/c1-42(2)33(43)23-46-18-17-40-36(44)28-14-16-32(47-20-19-45-3)35(38)34(28)29-21-25(9-15-31(29)37)30(24-7-5-4-6-8-24)22-41-27-12-10-26(39)11-13-27/h4-9,14-16,21,26-27,30,41H,10-13,17-20,22-23,39H2,1-3H3,(H,40,44). The number of benzene rings is 3. The number of likely N-dealkylation sites (N-methyl/N-ethyl adjacent to an activating group) is 1. The first-order valence-corrected chi connectivity index (χ1v) is 16.4. The molecule has 1 atom stereocenters. The Morgan fingerprint density at radius 3 is 2.45 bits per heavy atom. The van der Waals surface area contributed by atoms with Crippen LogP contribution in [0.5, 0.6) is 5.75 Å². The third kappa shape index (κ3) is 10.2. The normalized spacial score (nSPS) is 16.8. The van der Waals surface area contributed by atoms with Gasteiger partial charge in [-0.2, -0.15) is 0 Å². The summed E-state index contributed by atoms with van der Waals surface area (Å²) in [4.78, 5) is 26.7. The summed E-state index contributed by atoms with van der Waals surface area (Å²) in [6, 6.07) is 19.3. The summed E-state index contributed by atoms with van der Waals surface area (Å²) >= 11 is 6.78. The molecule has 1 aliphatic rings. The molecule has 0 bridgehead atoms. The Labute approximate surface area is 281 Å². The predicted molar refractivity (Wildman–Crippen MR) is 183 cm³/mol. The molecule has 0 aromatic heterocycles. The third-order valence-corrected chi connectivity index (χ3v) is 8.73. The highest BCUT2D eigenvalue weighted by atomic mass is 35.5. The molecule has 2 amide bonds. The first kappa shape index (κ1) is 36.3. The van der Waals surface area contributed by atoms with Crippen LogP contribution < -0.4 is 21.1 Å². The lowest BCUT2D eigenvalue weighted by molar-refractivity contribution is -0.133. The molecule has 1 fully saturated rings. The molecular weight excluding hydrogens is 623 g/mol. The second-order valence-electron chi connectivity index (χ2n) is 12.0. The zero-order valence-corrected chi connectivity index (χ0v) is 28.2. The van der Waals surface area contributed by atoms with Crippen LogP contribution in [0, 0.1) is 5.82 Å². The van der Waals surface area contributed by atoms with Gasteiger partial charge in [0, 0.05) is 68.4 Å². The van der Waals surface area contributed by atoms with Crippen LogP contribution >= 0.6 is 11.6 Å². The number of nitrogens with one attached hydrogen (secondary N) is 2. The molecular formula is C36H46ClFN4O5. The topological polar surface area (TPSA) is 115 Å². The van der Waals surface area contributed by atoms with E-state index in [4.69, 9.17) is 31.5 Å². The summed E-state index contributed by atoms with van der Waals surface area (Å²) in [5, 5.41) is 6.81. The van der Waals surface area contributed by atoms with Crippen LogP contribution in [0.25, 0.3) is 11.1 Å². The van der Waals surface area contributed by atoms with Crippen molar-refractivity contribution in [2.24, 2.45) is 5.73 Å². The van der Waals surface area contributed by atoms with Crippen molar-refractivity contribution in [3.05, 3.63) is 88.2 Å². The fraction of sp³-hybridized carbons (Fsp3) is 0.444. The van der Waals surface area contributed by atoms with Gasteiger partial charge < -0.3 is 35.5 Å². The zero-order valence-electron chi connectivity index (χ0n) is 27.4. The molecule has 1 saturated carbocycles. The van der Waals surface area contributed by atoms with E-state index in [1.54, 1.807) is 20.2 Å². The summed E-state index contributed by atoms with van der Waals surface area (Å²) in [5.74, 6) is -1.48. The lowest BCUT2D eigenvalue weighted by Gasteiger charge is -2.29. The van der Waals surface area contributed by atoms with Gasteiger partial charge in [0.1, 0.15) is 13.2 Å². The number of carbonyl (C=O) groups is 2. The van der Waals surface area contributed by atoms with Crippen molar-refractivity contribution in [1.82, 2.24) is 15.5 Å². The number of carbonyl (C=O) groups excluding carboxylic acids is 2. The first-order valence-electron chi connectivity index (χ1n) is 16.0. The van der Waals surface area contributed by atoms with Crippen LogP contribution in [0.3, 0.4) is 0 Å². The number of methoxy groups -OCH3 is 1. The van der Waals surface area contributed by atoms with Crippen molar-refractivity contribution in [2.75, 3.05) is 60.7 Å². The van der Waals surface area contributed by atoms with Crippen molar-refractivity contribution >= 4 is 23.4 Å². The number of halogens is 2. The molecule has 1 aliphatic carbocycles. The summed E-state index contributed by atoms with van der Waals surface area (Å²) in [6.45, 7) is 1.18. The van der Waals surface area contributed by atoms with Crippen molar-refractivity contribution in [3.63, 3.8) is 0 Å². The van der Waals surface area contributed by atoms with E-state index >= 15 is 4.39 Å². The van der Waals surface area contributed by atoms with Crippen LogP contribution in [-0.2, 0) is 14.3 Å². The second-order valence-corrected chi connectivity index (χ2v) is 12.4. The molecule has 4 rings (SSSR count). The zero-order chi connectivity index (χ0) is 33.8. The van der Waals surface area contributed by atoms with E-state index in [9.17, 15) is 9.59 Å². The number of ether oxygens (including phenoxy) is 3. The molecule has 0 heterocycles. The minimum atomic E-state index is -0.700. The van der Waals surface area contributed by atoms with Gasteiger partial charge in [-0.3, -0.25) is 9.59 Å². The Balaban J connectivity index is 1.66. The van der Waals surface area contributed by atoms with Crippen molar-refractivity contribution in [2.45, 2.75) is 43.7 Å². The molecule has 254 valence electrons. The fourth-order valence-electron chi connectivity index (χ4n) is 5.65. The number of amides is 2. The fourth-order valence-corrected chi connectivity index (χ4v) is 5.86. The molecule has 11 heteroatoms. The van der Waals surface area contributed by atoms with Gasteiger partial charge in [0.2, 0.25) is 5.91 Å². The van der Waals surface area contributed by atoms with Crippen molar-refractivity contribution in [1.29, 1.82) is 0 Å². The van der Waals surface area contributed by atoms with Crippen LogP contribution in [-0.4, -0.2) is 89.5 Å². The number of hydrogen-bond acceptors (Lipinski definition) is 7. The molecule has 47 heavy (non-hydrogen) atoms. The predicted octanol–water partition coefficient (Wildman–Crippen LogP) is 5.00. The van der Waals surface area contributed by atoms with Gasteiger partial charge >= 0.3 is 0 Å². The summed E-state index contributed by atoms with van der Waals surface area (Å²) < 4.78 is 32.5.